The highest BCUT2D eigenvalue weighted by molar-refractivity contribution is 5.96. The van der Waals surface area contributed by atoms with Crippen molar-refractivity contribution in [3.63, 3.8) is 0 Å². The lowest BCUT2D eigenvalue weighted by molar-refractivity contribution is 0.0673. The molecule has 30 heteroatoms. The van der Waals surface area contributed by atoms with E-state index in [0.29, 0.717) is 171 Å². The molecule has 0 atom stereocenters. The van der Waals surface area contributed by atoms with Gasteiger partial charge in [-0.25, -0.2) is 9.97 Å². The van der Waals surface area contributed by atoms with Crippen molar-refractivity contribution in [3.8, 4) is 29.0 Å². The smallest absolute Gasteiger partial charge is 0.272 e. The Labute approximate surface area is 801 Å². The summed E-state index contributed by atoms with van der Waals surface area (Å²) >= 11 is 0. The lowest BCUT2D eigenvalue weighted by Gasteiger charge is -2.27. The molecule has 15 heterocycles. The Morgan fingerprint density at radius 1 is 0.268 bits per heavy atom. The maximum absolute atomic E-state index is 13.1. The molecule has 16 aromatic rings. The van der Waals surface area contributed by atoms with Gasteiger partial charge in [0.05, 0.1) is 39.3 Å². The van der Waals surface area contributed by atoms with Crippen LogP contribution in [-0.4, -0.2) is 160 Å². The van der Waals surface area contributed by atoms with Gasteiger partial charge in [0.25, 0.3) is 29.5 Å². The molecular formula is C108H112N20O10. The fourth-order valence-electron chi connectivity index (χ4n) is 16.9. The molecule has 30 nitrogen and oxygen atoms in total. The highest BCUT2D eigenvalue weighted by Crippen LogP contribution is 2.29. The Morgan fingerprint density at radius 2 is 0.623 bits per heavy atom. The van der Waals surface area contributed by atoms with Gasteiger partial charge < -0.3 is 52.8 Å². The second-order valence-corrected chi connectivity index (χ2v) is 35.3. The third kappa shape index (κ3) is 23.8. The maximum atomic E-state index is 13.1. The van der Waals surface area contributed by atoms with Crippen molar-refractivity contribution in [1.82, 2.24) is 97.9 Å². The van der Waals surface area contributed by atoms with Crippen LogP contribution in [0.15, 0.2) is 255 Å². The van der Waals surface area contributed by atoms with Crippen molar-refractivity contribution in [3.05, 3.63) is 391 Å². The van der Waals surface area contributed by atoms with E-state index in [2.05, 4.69) is 200 Å². The molecule has 0 aliphatic carbocycles. The lowest BCUT2D eigenvalue weighted by atomic mass is 10.1. The minimum Gasteiger partial charge on any atom is -0.487 e. The molecule has 6 aromatic carbocycles. The van der Waals surface area contributed by atoms with Crippen LogP contribution in [0.3, 0.4) is 0 Å². The SMILES string of the molecule is Cc1ccc(CN2CCn3nc(COc4cc(C)ccn4)cc3C2=O)cc1.Cc1ccc(CN2CCn3nc(COc4cc(C)nc(C)c4)cc3C2=O)cc1.Cc1ccc(CN2CCn3nc(COc4cccc(C)n4)cc3C2=O)cc1.Cc1ccc(CN2CCn3nc(COc4ccnc(C)c4)cc3C2=O)cc1.Cn1c(CN2CCn3nc(COc4ccccc4)cc3C2=O)cc2ccccc21. The number of rotatable bonds is 25. The molecule has 0 saturated carbocycles. The number of carbonyl (C=O) groups is 5. The number of nitrogens with zero attached hydrogens (tertiary/aromatic N) is 20. The molecule has 138 heavy (non-hydrogen) atoms. The first-order valence-corrected chi connectivity index (χ1v) is 46.4. The Morgan fingerprint density at radius 3 is 1.01 bits per heavy atom. The average molecular weight is 1850 g/mol. The summed E-state index contributed by atoms with van der Waals surface area (Å²) in [5, 5.41) is 23.8. The predicted molar refractivity (Wildman–Crippen MR) is 521 cm³/mol. The van der Waals surface area contributed by atoms with Gasteiger partial charge in [0.15, 0.2) is 0 Å². The lowest BCUT2D eigenvalue weighted by Crippen LogP contribution is -2.40. The highest BCUT2D eigenvalue weighted by atomic mass is 16.5. The molecule has 5 aliphatic rings. The molecule has 0 fully saturated rings. The van der Waals surface area contributed by atoms with Crippen molar-refractivity contribution in [1.29, 1.82) is 0 Å². The fourth-order valence-corrected chi connectivity index (χ4v) is 16.9. The van der Waals surface area contributed by atoms with Crippen molar-refractivity contribution in [2.45, 2.75) is 161 Å². The zero-order valence-electron chi connectivity index (χ0n) is 79.4. The van der Waals surface area contributed by atoms with Crippen LogP contribution in [0.2, 0.25) is 0 Å². The number of aryl methyl sites for hydroxylation is 10. The number of carbonyl (C=O) groups excluding carboxylic acids is 5. The van der Waals surface area contributed by atoms with Gasteiger partial charge in [0.2, 0.25) is 11.8 Å². The number of aromatic nitrogens is 15. The average Bonchev–Trinajstić information content (AvgIpc) is 1.80. The molecule has 0 spiro atoms. The van der Waals surface area contributed by atoms with Crippen LogP contribution in [0.4, 0.5) is 0 Å². The van der Waals surface area contributed by atoms with E-state index in [0.717, 1.165) is 102 Å². The maximum Gasteiger partial charge on any atom is 0.272 e. The second kappa shape index (κ2) is 43.0. The van der Waals surface area contributed by atoms with Gasteiger partial charge >= 0.3 is 0 Å². The summed E-state index contributed by atoms with van der Waals surface area (Å²) in [6.07, 6.45) is 3.44. The molecule has 10 aromatic heterocycles. The molecule has 5 aliphatic heterocycles. The number of benzene rings is 6. The van der Waals surface area contributed by atoms with E-state index in [-0.39, 0.29) is 29.5 Å². The van der Waals surface area contributed by atoms with Crippen molar-refractivity contribution in [2.24, 2.45) is 7.05 Å². The minimum absolute atomic E-state index is 0.00857. The largest absolute Gasteiger partial charge is 0.487 e. The summed E-state index contributed by atoms with van der Waals surface area (Å²) in [6.45, 7) is 29.3. The standard InChI is InChI=1S/C23H22N4O2.C22H24N4O2.3C21H22N4O2/c1-25-19(13-17-7-5-6-10-21(17)25)15-26-11-12-27-22(23(26)28)14-18(24-27)16-29-20-8-3-2-4-9-20;1-15-4-6-18(7-5-15)13-25-8-9-26-21(22(25)27)12-19(24-26)14-28-20-10-16(2)23-17(3)11-20;1-15-3-5-17(6-4-15)13-24-9-10-25-20(21(24)26)12-18(23-25)14-27-19-7-8-22-16(2)11-19;1-15-3-5-17(6-4-15)13-24-9-10-25-19(21(24)26)12-18(23-25)14-27-20-11-16(2)7-8-22-20;1-15-6-8-17(9-7-15)13-24-10-11-25-19(21(24)26)12-18(23-25)14-27-20-5-3-4-16(2)22-20/h2-10,13-14H,11-12,15-16H2,1H3;4-7,10-12H,8-9,13-14H2,1-3H3;2*3-8,11-12H,9-10,13-14H2,1-2H3;3-9,12H,10-11,13-14H2,1-2H3. The van der Waals surface area contributed by atoms with Crippen LogP contribution < -0.4 is 23.7 Å². The van der Waals surface area contributed by atoms with Crippen LogP contribution in [0.5, 0.6) is 29.0 Å². The van der Waals surface area contributed by atoms with Gasteiger partial charge in [-0.2, -0.15) is 25.5 Å². The van der Waals surface area contributed by atoms with E-state index in [1.165, 1.54) is 33.2 Å². The first-order chi connectivity index (χ1) is 66.9. The first-order valence-electron chi connectivity index (χ1n) is 46.4. The van der Waals surface area contributed by atoms with E-state index < -0.39 is 0 Å². The van der Waals surface area contributed by atoms with Crippen LogP contribution in [0, 0.1) is 62.3 Å². The van der Waals surface area contributed by atoms with Crippen molar-refractivity contribution >= 4 is 40.4 Å². The Kier molecular flexibility index (Phi) is 29.2. The first kappa shape index (κ1) is 93.7. The van der Waals surface area contributed by atoms with Crippen LogP contribution >= 0.6 is 0 Å². The van der Waals surface area contributed by atoms with Gasteiger partial charge in [-0.1, -0.05) is 162 Å². The summed E-state index contributed by atoms with van der Waals surface area (Å²) in [6, 6.07) is 79.3. The summed E-state index contributed by atoms with van der Waals surface area (Å²) in [5.74, 6) is 3.50. The van der Waals surface area contributed by atoms with Crippen LogP contribution in [0.25, 0.3) is 10.9 Å². The van der Waals surface area contributed by atoms with Crippen LogP contribution in [-0.2, 0) is 106 Å². The second-order valence-electron chi connectivity index (χ2n) is 35.3. The molecule has 704 valence electrons. The Bertz CT molecular complexity index is 6600. The number of para-hydroxylation sites is 2. The van der Waals surface area contributed by atoms with E-state index in [9.17, 15) is 24.0 Å². The third-order valence-corrected chi connectivity index (χ3v) is 24.3. The van der Waals surface area contributed by atoms with E-state index in [1.54, 1.807) is 35.8 Å². The molecule has 0 saturated heterocycles. The molecule has 0 unspecified atom stereocenters. The Balaban J connectivity index is 0.000000119. The van der Waals surface area contributed by atoms with Gasteiger partial charge in [-0.3, -0.25) is 57.3 Å². The summed E-state index contributed by atoms with van der Waals surface area (Å²) in [7, 11) is 2.05. The van der Waals surface area contributed by atoms with E-state index in [4.69, 9.17) is 23.7 Å². The number of fused-ring (bicyclic) bond motifs is 6. The van der Waals surface area contributed by atoms with E-state index >= 15 is 0 Å². The summed E-state index contributed by atoms with van der Waals surface area (Å²) in [4.78, 5) is 90.8. The van der Waals surface area contributed by atoms with Crippen molar-refractivity contribution < 1.29 is 47.7 Å². The summed E-state index contributed by atoms with van der Waals surface area (Å²) < 4.78 is 39.9. The minimum atomic E-state index is 0.00857. The van der Waals surface area contributed by atoms with Gasteiger partial charge in [-0.05, 0) is 168 Å². The van der Waals surface area contributed by atoms with E-state index in [1.807, 2.05) is 187 Å². The highest BCUT2D eigenvalue weighted by Gasteiger charge is 2.33. The molecule has 5 amide bonds. The monoisotopic (exact) mass is 1850 g/mol. The predicted octanol–water partition coefficient (Wildman–Crippen LogP) is 16.4. The molecule has 0 radical (unpaired) electrons. The zero-order valence-corrected chi connectivity index (χ0v) is 79.4. The summed E-state index contributed by atoms with van der Waals surface area (Å²) in [5.41, 5.74) is 23.3. The fraction of sp³-hybridized carbons (Fsp3) is 0.278. The Hall–Kier alpha value is -16.1. The van der Waals surface area contributed by atoms with Crippen molar-refractivity contribution in [2.75, 3.05) is 32.7 Å². The number of hydrogen-bond donors (Lipinski definition) is 0. The number of amides is 5. The molecule has 21 rings (SSSR count). The van der Waals surface area contributed by atoms with Gasteiger partial charge in [0.1, 0.15) is 107 Å². The van der Waals surface area contributed by atoms with Gasteiger partial charge in [-0.15, -0.1) is 0 Å². The number of hydrogen-bond acceptors (Lipinski definition) is 19. The molecule has 0 N–H and O–H groups in total. The van der Waals surface area contributed by atoms with Gasteiger partial charge in [0, 0.05) is 143 Å². The molecular weight excluding hydrogens is 1740 g/mol. The van der Waals surface area contributed by atoms with Crippen LogP contribution in [0.1, 0.15) is 159 Å². The normalized spacial score (nSPS) is 13.6. The number of ether oxygens (including phenoxy) is 5. The molecule has 0 bridgehead atoms. The zero-order chi connectivity index (χ0) is 95.9. The topological polar surface area (TPSA) is 293 Å². The third-order valence-electron chi connectivity index (χ3n) is 24.3. The number of pyridine rings is 4. The quantitative estimate of drug-likeness (QED) is 0.0513.